The van der Waals surface area contributed by atoms with Gasteiger partial charge in [0.25, 0.3) is 0 Å². The maximum absolute atomic E-state index is 11.4. The quantitative estimate of drug-likeness (QED) is 0.260. The predicted molar refractivity (Wildman–Crippen MR) is 52.9 cm³/mol. The van der Waals surface area contributed by atoms with Gasteiger partial charge in [0.05, 0.1) is 5.92 Å². The van der Waals surface area contributed by atoms with Crippen molar-refractivity contribution >= 4 is 11.7 Å². The summed E-state index contributed by atoms with van der Waals surface area (Å²) in [5.74, 6) is 0.535. The van der Waals surface area contributed by atoms with E-state index in [1.165, 1.54) is 6.42 Å². The summed E-state index contributed by atoms with van der Waals surface area (Å²) in [5, 5.41) is 13.9. The summed E-state index contributed by atoms with van der Waals surface area (Å²) < 4.78 is 0. The van der Waals surface area contributed by atoms with Gasteiger partial charge in [0, 0.05) is 6.54 Å². The Labute approximate surface area is 83.3 Å². The molecule has 5 nitrogen and oxygen atoms in total. The molecule has 0 heterocycles. The van der Waals surface area contributed by atoms with Crippen molar-refractivity contribution in [3.63, 3.8) is 0 Å². The number of oxime groups is 1. The first-order chi connectivity index (χ1) is 6.56. The van der Waals surface area contributed by atoms with Gasteiger partial charge in [-0.15, -0.1) is 0 Å². The fourth-order valence-corrected chi connectivity index (χ4v) is 1.29. The molecule has 1 aliphatic carbocycles. The second-order valence-corrected chi connectivity index (χ2v) is 3.96. The predicted octanol–water partition coefficient (Wildman–Crippen LogP) is 0.141. The Bertz CT molecular complexity index is 252. The van der Waals surface area contributed by atoms with E-state index in [1.54, 1.807) is 6.92 Å². The third-order valence-electron chi connectivity index (χ3n) is 2.77. The fraction of sp³-hybridized carbons (Fsp3) is 0.778. The minimum Gasteiger partial charge on any atom is -0.409 e. The van der Waals surface area contributed by atoms with Crippen molar-refractivity contribution in [3.05, 3.63) is 0 Å². The molecule has 1 saturated carbocycles. The Morgan fingerprint density at radius 2 is 2.36 bits per heavy atom. The molecule has 1 aliphatic rings. The lowest BCUT2D eigenvalue weighted by atomic mass is 10.1. The van der Waals surface area contributed by atoms with Crippen molar-refractivity contribution in [2.75, 3.05) is 6.54 Å². The van der Waals surface area contributed by atoms with E-state index in [4.69, 9.17) is 10.9 Å². The third-order valence-corrected chi connectivity index (χ3v) is 2.77. The van der Waals surface area contributed by atoms with E-state index in [9.17, 15) is 4.79 Å². The van der Waals surface area contributed by atoms with Crippen molar-refractivity contribution in [2.24, 2.45) is 28.6 Å². The SMILES string of the molecule is CC(C(=O)NCC1CC1C)C(N)=NO. The van der Waals surface area contributed by atoms with Gasteiger partial charge in [-0.25, -0.2) is 0 Å². The second-order valence-electron chi connectivity index (χ2n) is 3.96. The van der Waals surface area contributed by atoms with Crippen molar-refractivity contribution < 1.29 is 10.0 Å². The first-order valence-electron chi connectivity index (χ1n) is 4.81. The molecule has 80 valence electrons. The van der Waals surface area contributed by atoms with Crippen LogP contribution in [0, 0.1) is 17.8 Å². The topological polar surface area (TPSA) is 87.7 Å². The summed E-state index contributed by atoms with van der Waals surface area (Å²) in [6, 6.07) is 0. The van der Waals surface area contributed by atoms with Crippen LogP contribution < -0.4 is 11.1 Å². The smallest absolute Gasteiger partial charge is 0.230 e. The van der Waals surface area contributed by atoms with Crippen molar-refractivity contribution in [3.8, 4) is 0 Å². The molecule has 0 aromatic rings. The number of nitrogens with zero attached hydrogens (tertiary/aromatic N) is 1. The summed E-state index contributed by atoms with van der Waals surface area (Å²) in [6.07, 6.45) is 1.18. The lowest BCUT2D eigenvalue weighted by Gasteiger charge is -2.09. The number of carbonyl (C=O) groups is 1. The van der Waals surface area contributed by atoms with Crippen LogP contribution in [0.1, 0.15) is 20.3 Å². The zero-order valence-corrected chi connectivity index (χ0v) is 8.53. The number of hydrogen-bond donors (Lipinski definition) is 3. The van der Waals surface area contributed by atoms with Crippen LogP contribution in [0.4, 0.5) is 0 Å². The molecule has 0 saturated heterocycles. The normalized spacial score (nSPS) is 28.3. The van der Waals surface area contributed by atoms with Crippen molar-refractivity contribution in [2.45, 2.75) is 20.3 Å². The Morgan fingerprint density at radius 1 is 1.79 bits per heavy atom. The van der Waals surface area contributed by atoms with E-state index >= 15 is 0 Å². The van der Waals surface area contributed by atoms with Crippen molar-refractivity contribution in [1.82, 2.24) is 5.32 Å². The van der Waals surface area contributed by atoms with Crippen LogP contribution >= 0.6 is 0 Å². The molecule has 4 N–H and O–H groups in total. The minimum atomic E-state index is -0.561. The highest BCUT2D eigenvalue weighted by Gasteiger charge is 2.32. The van der Waals surface area contributed by atoms with E-state index in [0.717, 1.165) is 5.92 Å². The lowest BCUT2D eigenvalue weighted by molar-refractivity contribution is -0.122. The van der Waals surface area contributed by atoms with Crippen LogP contribution in [-0.2, 0) is 4.79 Å². The maximum Gasteiger partial charge on any atom is 0.230 e. The molecule has 0 bridgehead atoms. The molecule has 1 amide bonds. The molecule has 0 aromatic carbocycles. The second kappa shape index (κ2) is 4.30. The number of rotatable bonds is 4. The monoisotopic (exact) mass is 199 g/mol. The summed E-state index contributed by atoms with van der Waals surface area (Å²) in [6.45, 7) is 4.47. The lowest BCUT2D eigenvalue weighted by Crippen LogP contribution is -2.38. The first kappa shape index (κ1) is 10.8. The Kier molecular flexibility index (Phi) is 3.33. The van der Waals surface area contributed by atoms with Gasteiger partial charge in [-0.05, 0) is 25.2 Å². The molecular formula is C9H17N3O2. The number of carbonyl (C=O) groups excluding carboxylic acids is 1. The van der Waals surface area contributed by atoms with Gasteiger partial charge in [-0.1, -0.05) is 12.1 Å². The van der Waals surface area contributed by atoms with Crippen LogP contribution in [-0.4, -0.2) is 23.5 Å². The number of nitrogens with two attached hydrogens (primary N) is 1. The number of nitrogens with one attached hydrogen (secondary N) is 1. The minimum absolute atomic E-state index is 0.0497. The number of amidine groups is 1. The zero-order valence-electron chi connectivity index (χ0n) is 8.53. The van der Waals surface area contributed by atoms with Crippen molar-refractivity contribution in [1.29, 1.82) is 0 Å². The van der Waals surface area contributed by atoms with Crippen LogP contribution in [0.3, 0.4) is 0 Å². The third kappa shape index (κ3) is 2.61. The molecule has 0 spiro atoms. The van der Waals surface area contributed by atoms with E-state index < -0.39 is 5.92 Å². The molecule has 14 heavy (non-hydrogen) atoms. The molecule has 3 unspecified atom stereocenters. The highest BCUT2D eigenvalue weighted by molar-refractivity contribution is 6.01. The van der Waals surface area contributed by atoms with Gasteiger partial charge < -0.3 is 16.3 Å². The largest absolute Gasteiger partial charge is 0.409 e. The molecule has 5 heteroatoms. The van der Waals surface area contributed by atoms with Gasteiger partial charge in [0.15, 0.2) is 5.84 Å². The molecule has 1 rings (SSSR count). The average molecular weight is 199 g/mol. The highest BCUT2D eigenvalue weighted by atomic mass is 16.4. The van der Waals surface area contributed by atoms with Crippen LogP contribution in [0.15, 0.2) is 5.16 Å². The van der Waals surface area contributed by atoms with E-state index in [-0.39, 0.29) is 11.7 Å². The molecule has 3 atom stereocenters. The van der Waals surface area contributed by atoms with E-state index in [1.807, 2.05) is 0 Å². The molecule has 0 aliphatic heterocycles. The van der Waals surface area contributed by atoms with Gasteiger partial charge in [0.1, 0.15) is 0 Å². The van der Waals surface area contributed by atoms with Crippen LogP contribution in [0.2, 0.25) is 0 Å². The zero-order chi connectivity index (χ0) is 10.7. The standard InChI is InChI=1S/C9H17N3O2/c1-5-3-7(5)4-11-9(13)6(2)8(10)12-14/h5-7,14H,3-4H2,1-2H3,(H2,10,12)(H,11,13). The molecule has 1 fully saturated rings. The number of hydrogen-bond acceptors (Lipinski definition) is 3. The average Bonchev–Trinajstić information content (AvgIpc) is 2.88. The molecule has 0 radical (unpaired) electrons. The van der Waals surface area contributed by atoms with Crippen LogP contribution in [0.25, 0.3) is 0 Å². The maximum atomic E-state index is 11.4. The van der Waals surface area contributed by atoms with Gasteiger partial charge in [0.2, 0.25) is 5.91 Å². The summed E-state index contributed by atoms with van der Waals surface area (Å²) >= 11 is 0. The molecule has 0 aromatic heterocycles. The van der Waals surface area contributed by atoms with E-state index in [0.29, 0.717) is 12.5 Å². The molecular weight excluding hydrogens is 182 g/mol. The van der Waals surface area contributed by atoms with Gasteiger partial charge >= 0.3 is 0 Å². The van der Waals surface area contributed by atoms with Crippen LogP contribution in [0.5, 0.6) is 0 Å². The number of amides is 1. The fourth-order valence-electron chi connectivity index (χ4n) is 1.29. The Morgan fingerprint density at radius 3 is 2.79 bits per heavy atom. The van der Waals surface area contributed by atoms with Gasteiger partial charge in [-0.2, -0.15) is 0 Å². The summed E-state index contributed by atoms with van der Waals surface area (Å²) in [7, 11) is 0. The van der Waals surface area contributed by atoms with E-state index in [2.05, 4.69) is 17.4 Å². The Balaban J connectivity index is 2.27. The first-order valence-corrected chi connectivity index (χ1v) is 4.81. The van der Waals surface area contributed by atoms with Gasteiger partial charge in [-0.3, -0.25) is 4.79 Å². The summed E-state index contributed by atoms with van der Waals surface area (Å²) in [5.41, 5.74) is 5.31. The summed E-state index contributed by atoms with van der Waals surface area (Å²) in [4.78, 5) is 11.4. The highest BCUT2D eigenvalue weighted by Crippen LogP contribution is 2.36. The Hall–Kier alpha value is -1.26.